The Morgan fingerprint density at radius 3 is 2.60 bits per heavy atom. The summed E-state index contributed by atoms with van der Waals surface area (Å²) in [6, 6.07) is 2.25. The van der Waals surface area contributed by atoms with Gasteiger partial charge >= 0.3 is 0 Å². The Balaban J connectivity index is 1.92. The molecule has 1 amide bonds. The second kappa shape index (κ2) is 5.73. The summed E-state index contributed by atoms with van der Waals surface area (Å²) in [5, 5.41) is 12.3. The Bertz CT molecular complexity index is 400. The van der Waals surface area contributed by atoms with Crippen LogP contribution in [0, 0.1) is 28.1 Å². The van der Waals surface area contributed by atoms with Crippen LogP contribution >= 0.6 is 0 Å². The van der Waals surface area contributed by atoms with Crippen molar-refractivity contribution in [2.75, 3.05) is 13.2 Å². The maximum atomic E-state index is 12.3. The van der Waals surface area contributed by atoms with Crippen molar-refractivity contribution in [1.29, 1.82) is 5.26 Å². The van der Waals surface area contributed by atoms with Crippen LogP contribution < -0.4 is 5.32 Å². The van der Waals surface area contributed by atoms with E-state index in [-0.39, 0.29) is 17.4 Å². The summed E-state index contributed by atoms with van der Waals surface area (Å²) in [5.41, 5.74) is -0.678. The molecule has 2 fully saturated rings. The lowest BCUT2D eigenvalue weighted by Crippen LogP contribution is -2.43. The Kier molecular flexibility index (Phi) is 4.39. The van der Waals surface area contributed by atoms with Crippen molar-refractivity contribution in [3.8, 4) is 6.07 Å². The van der Waals surface area contributed by atoms with Crippen LogP contribution in [-0.2, 0) is 9.53 Å². The van der Waals surface area contributed by atoms with E-state index in [2.05, 4.69) is 32.2 Å². The number of nitrogens with zero attached hydrogens (tertiary/aromatic N) is 1. The molecular weight excluding hydrogens is 252 g/mol. The molecule has 1 aliphatic carbocycles. The minimum Gasteiger partial charge on any atom is -0.377 e. The summed E-state index contributed by atoms with van der Waals surface area (Å²) in [4.78, 5) is 12.3. The van der Waals surface area contributed by atoms with Crippen molar-refractivity contribution >= 4 is 5.91 Å². The van der Waals surface area contributed by atoms with E-state index >= 15 is 0 Å². The van der Waals surface area contributed by atoms with E-state index in [1.54, 1.807) is 0 Å². The van der Waals surface area contributed by atoms with Gasteiger partial charge in [0.25, 0.3) is 0 Å². The molecule has 20 heavy (non-hydrogen) atoms. The van der Waals surface area contributed by atoms with Gasteiger partial charge in [0.15, 0.2) is 0 Å². The first-order valence-electron chi connectivity index (χ1n) is 7.70. The van der Waals surface area contributed by atoms with Crippen LogP contribution in [0.5, 0.6) is 0 Å². The lowest BCUT2D eigenvalue weighted by atomic mass is 9.81. The minimum atomic E-state index is -0.767. The van der Waals surface area contributed by atoms with E-state index in [4.69, 9.17) is 4.74 Å². The molecule has 4 nitrogen and oxygen atoms in total. The van der Waals surface area contributed by atoms with Crippen molar-refractivity contribution in [1.82, 2.24) is 5.32 Å². The van der Waals surface area contributed by atoms with Crippen LogP contribution in [0.1, 0.15) is 52.9 Å². The quantitative estimate of drug-likeness (QED) is 0.863. The lowest BCUT2D eigenvalue weighted by molar-refractivity contribution is -0.128. The number of ether oxygens (including phenoxy) is 1. The minimum absolute atomic E-state index is 0.0722. The summed E-state index contributed by atoms with van der Waals surface area (Å²) >= 11 is 0. The van der Waals surface area contributed by atoms with Crippen LogP contribution in [0.3, 0.4) is 0 Å². The van der Waals surface area contributed by atoms with Gasteiger partial charge in [0.2, 0.25) is 5.91 Å². The Hall–Kier alpha value is -1.08. The Morgan fingerprint density at radius 1 is 1.40 bits per heavy atom. The van der Waals surface area contributed by atoms with E-state index in [1.165, 1.54) is 0 Å². The van der Waals surface area contributed by atoms with Crippen molar-refractivity contribution in [3.63, 3.8) is 0 Å². The third-order valence-electron chi connectivity index (χ3n) is 4.70. The van der Waals surface area contributed by atoms with Gasteiger partial charge in [-0.2, -0.15) is 5.26 Å². The van der Waals surface area contributed by atoms with Gasteiger partial charge < -0.3 is 10.1 Å². The molecule has 2 aliphatic rings. The zero-order valence-corrected chi connectivity index (χ0v) is 12.9. The zero-order valence-electron chi connectivity index (χ0n) is 12.9. The lowest BCUT2D eigenvalue weighted by Gasteiger charge is -2.31. The highest BCUT2D eigenvalue weighted by molar-refractivity contribution is 5.85. The average molecular weight is 278 g/mol. The van der Waals surface area contributed by atoms with Gasteiger partial charge in [-0.05, 0) is 24.7 Å². The maximum Gasteiger partial charge on any atom is 0.240 e. The summed E-state index contributed by atoms with van der Waals surface area (Å²) in [7, 11) is 0. The maximum absolute atomic E-state index is 12.3. The molecule has 0 aromatic carbocycles. The van der Waals surface area contributed by atoms with E-state index < -0.39 is 5.41 Å². The van der Waals surface area contributed by atoms with Gasteiger partial charge in [-0.1, -0.05) is 33.6 Å². The molecule has 1 saturated carbocycles. The smallest absolute Gasteiger partial charge is 0.240 e. The number of nitrogens with one attached hydrogen (secondary N) is 1. The van der Waals surface area contributed by atoms with Crippen molar-refractivity contribution in [2.24, 2.45) is 16.7 Å². The number of carbonyl (C=O) groups is 1. The molecule has 2 rings (SSSR count). The first kappa shape index (κ1) is 15.3. The fourth-order valence-corrected chi connectivity index (χ4v) is 3.56. The fourth-order valence-electron chi connectivity index (χ4n) is 3.56. The third kappa shape index (κ3) is 2.98. The van der Waals surface area contributed by atoms with E-state index in [0.717, 1.165) is 25.9 Å². The number of nitriles is 1. The monoisotopic (exact) mass is 278 g/mol. The summed E-state index contributed by atoms with van der Waals surface area (Å²) in [6.07, 6.45) is 4.56. The van der Waals surface area contributed by atoms with Gasteiger partial charge in [-0.3, -0.25) is 4.79 Å². The normalized spacial score (nSPS) is 29.1. The summed E-state index contributed by atoms with van der Waals surface area (Å²) in [6.45, 7) is 7.92. The highest BCUT2D eigenvalue weighted by atomic mass is 16.5. The predicted octanol–water partition coefficient (Wildman–Crippen LogP) is 2.64. The molecule has 4 heteroatoms. The molecule has 2 atom stereocenters. The van der Waals surface area contributed by atoms with E-state index in [9.17, 15) is 10.1 Å². The molecule has 0 aromatic rings. The fraction of sp³-hybridized carbons (Fsp3) is 0.875. The summed E-state index contributed by atoms with van der Waals surface area (Å²) in [5.74, 6) is 0.285. The molecule has 0 bridgehead atoms. The van der Waals surface area contributed by atoms with Crippen molar-refractivity contribution in [3.05, 3.63) is 0 Å². The number of rotatable bonds is 3. The highest BCUT2D eigenvalue weighted by Crippen LogP contribution is 2.38. The van der Waals surface area contributed by atoms with Crippen LogP contribution in [-0.4, -0.2) is 25.2 Å². The molecule has 0 radical (unpaired) electrons. The first-order valence-corrected chi connectivity index (χ1v) is 7.70. The number of hydrogen-bond acceptors (Lipinski definition) is 3. The largest absolute Gasteiger partial charge is 0.377 e. The van der Waals surface area contributed by atoms with Crippen LogP contribution in [0.2, 0.25) is 0 Å². The van der Waals surface area contributed by atoms with Crippen molar-refractivity contribution in [2.45, 2.75) is 59.0 Å². The molecule has 0 spiro atoms. The standard InChI is InChI=1S/C16H26N2O2/c1-15(2,3)13-12(6-9-20-13)10-18-14(19)16(11-17)7-4-5-8-16/h12-13H,4-10H2,1-3H3,(H,18,19)/t12-,13+/m1/s1. The second-order valence-corrected chi connectivity index (χ2v) is 7.32. The molecular formula is C16H26N2O2. The van der Waals surface area contributed by atoms with Crippen LogP contribution in [0.15, 0.2) is 0 Å². The molecule has 112 valence electrons. The first-order chi connectivity index (χ1) is 9.39. The molecule has 1 heterocycles. The number of amides is 1. The van der Waals surface area contributed by atoms with Crippen LogP contribution in [0.25, 0.3) is 0 Å². The summed E-state index contributed by atoms with van der Waals surface area (Å²) < 4.78 is 5.82. The topological polar surface area (TPSA) is 62.1 Å². The number of hydrogen-bond donors (Lipinski definition) is 1. The molecule has 1 N–H and O–H groups in total. The van der Waals surface area contributed by atoms with Gasteiger partial charge in [0.05, 0.1) is 12.2 Å². The molecule has 0 unspecified atom stereocenters. The third-order valence-corrected chi connectivity index (χ3v) is 4.70. The second-order valence-electron chi connectivity index (χ2n) is 7.32. The van der Waals surface area contributed by atoms with Gasteiger partial charge in [0.1, 0.15) is 5.41 Å². The average Bonchev–Trinajstić information content (AvgIpc) is 3.04. The SMILES string of the molecule is CC(C)(C)[C@H]1OCC[C@@H]1CNC(=O)C1(C#N)CCCC1. The Labute approximate surface area is 121 Å². The van der Waals surface area contributed by atoms with E-state index in [0.29, 0.717) is 25.3 Å². The van der Waals surface area contributed by atoms with Gasteiger partial charge in [-0.15, -0.1) is 0 Å². The van der Waals surface area contributed by atoms with Crippen molar-refractivity contribution < 1.29 is 9.53 Å². The predicted molar refractivity (Wildman–Crippen MR) is 76.8 cm³/mol. The molecule has 1 saturated heterocycles. The van der Waals surface area contributed by atoms with Gasteiger partial charge in [0, 0.05) is 19.1 Å². The highest BCUT2D eigenvalue weighted by Gasteiger charge is 2.43. The molecule has 1 aliphatic heterocycles. The zero-order chi connectivity index (χ0) is 14.8. The van der Waals surface area contributed by atoms with Gasteiger partial charge in [-0.25, -0.2) is 0 Å². The molecule has 0 aromatic heterocycles. The van der Waals surface area contributed by atoms with E-state index in [1.807, 2.05) is 0 Å². The number of carbonyl (C=O) groups excluding carboxylic acids is 1. The Morgan fingerprint density at radius 2 is 2.05 bits per heavy atom. The van der Waals surface area contributed by atoms with Crippen LogP contribution in [0.4, 0.5) is 0 Å².